The van der Waals surface area contributed by atoms with Gasteiger partial charge in [-0.05, 0) is 67.9 Å². The molecule has 0 saturated carbocycles. The molecule has 4 nitrogen and oxygen atoms in total. The molecule has 8 aromatic carbocycles. The summed E-state index contributed by atoms with van der Waals surface area (Å²) in [6.07, 6.45) is -0.310. The van der Waals surface area contributed by atoms with E-state index in [0.29, 0.717) is 5.84 Å². The minimum absolute atomic E-state index is 0.310. The number of nitrogens with one attached hydrogen (secondary N) is 1. The van der Waals surface area contributed by atoms with Crippen molar-refractivity contribution in [1.29, 1.82) is 0 Å². The van der Waals surface area contributed by atoms with Crippen molar-refractivity contribution in [2.24, 2.45) is 9.98 Å². The normalized spacial score (nSPS) is 14.2. The summed E-state index contributed by atoms with van der Waals surface area (Å²) in [5.41, 5.74) is 11.7. The van der Waals surface area contributed by atoms with Gasteiger partial charge in [-0.1, -0.05) is 170 Å². The van der Waals surface area contributed by atoms with Crippen LogP contribution in [0.1, 0.15) is 22.9 Å². The van der Waals surface area contributed by atoms with Crippen molar-refractivity contribution in [3.05, 3.63) is 205 Å². The zero-order chi connectivity index (χ0) is 35.1. The molecule has 0 bridgehead atoms. The maximum Gasteiger partial charge on any atom is 0.159 e. The van der Waals surface area contributed by atoms with E-state index in [1.54, 1.807) is 0 Å². The molecule has 4 heteroatoms. The molecule has 250 valence electrons. The lowest BCUT2D eigenvalue weighted by atomic mass is 9.97. The maximum absolute atomic E-state index is 6.53. The van der Waals surface area contributed by atoms with E-state index in [-0.39, 0.29) is 6.17 Å². The third-order valence-electron chi connectivity index (χ3n) is 10.2. The second-order valence-corrected chi connectivity index (χ2v) is 13.4. The molecule has 2 heterocycles. The molecule has 1 aliphatic heterocycles. The Bertz CT molecular complexity index is 2830. The average Bonchev–Trinajstić information content (AvgIpc) is 3.62. The topological polar surface area (TPSA) is 49.9 Å². The summed E-state index contributed by atoms with van der Waals surface area (Å²) >= 11 is 0. The number of furan rings is 1. The van der Waals surface area contributed by atoms with Gasteiger partial charge in [0.25, 0.3) is 0 Å². The van der Waals surface area contributed by atoms with Gasteiger partial charge in [-0.2, -0.15) is 0 Å². The predicted octanol–water partition coefficient (Wildman–Crippen LogP) is 12.2. The van der Waals surface area contributed by atoms with Crippen LogP contribution in [0.4, 0.5) is 0 Å². The molecule has 0 aliphatic carbocycles. The van der Waals surface area contributed by atoms with Crippen LogP contribution in [0.15, 0.2) is 202 Å². The highest BCUT2D eigenvalue weighted by Gasteiger charge is 2.24. The van der Waals surface area contributed by atoms with Crippen LogP contribution >= 0.6 is 0 Å². The minimum Gasteiger partial charge on any atom is -0.456 e. The Hall–Kier alpha value is -7.04. The van der Waals surface area contributed by atoms with Gasteiger partial charge in [0.05, 0.1) is 0 Å². The summed E-state index contributed by atoms with van der Waals surface area (Å²) in [4.78, 5) is 10.3. The summed E-state index contributed by atoms with van der Waals surface area (Å²) < 4.78 is 6.53. The molecule has 1 aliphatic rings. The van der Waals surface area contributed by atoms with E-state index in [0.717, 1.165) is 61.2 Å². The lowest BCUT2D eigenvalue weighted by molar-refractivity contribution is 0.668. The molecule has 0 spiro atoms. The monoisotopic (exact) mass is 679 g/mol. The van der Waals surface area contributed by atoms with Crippen molar-refractivity contribution in [3.8, 4) is 33.4 Å². The van der Waals surface area contributed by atoms with Crippen LogP contribution in [-0.2, 0) is 0 Å². The first-order valence-corrected chi connectivity index (χ1v) is 17.9. The van der Waals surface area contributed by atoms with Gasteiger partial charge in [0.1, 0.15) is 23.2 Å². The number of benzene rings is 8. The zero-order valence-corrected chi connectivity index (χ0v) is 28.8. The summed E-state index contributed by atoms with van der Waals surface area (Å²) in [7, 11) is 0. The SMILES string of the molecule is c1ccc(-c2ccc(-c3ccc4c(c3)oc3cccc(C5=NC(c6ccc(-c7cccc8ccccc78)cc6)=NC(c6ccccc6)N5)c34)cc2)cc1. The first-order valence-electron chi connectivity index (χ1n) is 17.9. The van der Waals surface area contributed by atoms with E-state index >= 15 is 0 Å². The Morgan fingerprint density at radius 3 is 1.85 bits per heavy atom. The molecule has 53 heavy (non-hydrogen) atoms. The molecular formula is C49H33N3O. The number of amidine groups is 2. The van der Waals surface area contributed by atoms with Gasteiger partial charge in [0.15, 0.2) is 5.84 Å². The second-order valence-electron chi connectivity index (χ2n) is 13.4. The average molecular weight is 680 g/mol. The smallest absolute Gasteiger partial charge is 0.159 e. The number of hydrogen-bond acceptors (Lipinski definition) is 4. The van der Waals surface area contributed by atoms with Crippen LogP contribution < -0.4 is 5.32 Å². The van der Waals surface area contributed by atoms with E-state index in [2.05, 4.69) is 157 Å². The number of aliphatic imine (C=N–C) groups is 2. The van der Waals surface area contributed by atoms with Crippen LogP contribution in [0, 0.1) is 0 Å². The van der Waals surface area contributed by atoms with Crippen LogP contribution in [0.3, 0.4) is 0 Å². The molecule has 0 saturated heterocycles. The van der Waals surface area contributed by atoms with Gasteiger partial charge < -0.3 is 9.73 Å². The fraction of sp³-hybridized carbons (Fsp3) is 0.0204. The number of fused-ring (bicyclic) bond motifs is 4. The highest BCUT2D eigenvalue weighted by Crippen LogP contribution is 2.36. The third kappa shape index (κ3) is 5.67. The van der Waals surface area contributed by atoms with Crippen molar-refractivity contribution in [1.82, 2.24) is 5.32 Å². The molecule has 1 N–H and O–H groups in total. The minimum atomic E-state index is -0.310. The van der Waals surface area contributed by atoms with Gasteiger partial charge in [0.2, 0.25) is 0 Å². The standard InChI is InChI=1S/C49H33N3O/c1-3-11-32(12-4-1)33-21-23-34(24-22-33)39-29-30-42-45(31-39)53-44-20-10-19-43(46(42)44)49-51-47(37-14-5-2-6-15-37)50-48(52-49)38-27-25-36(26-28-38)41-18-9-16-35-13-7-8-17-40(35)41/h1-31,47H,(H,50,51,52). The van der Waals surface area contributed by atoms with E-state index in [9.17, 15) is 0 Å². The van der Waals surface area contributed by atoms with Crippen molar-refractivity contribution >= 4 is 44.4 Å². The summed E-state index contributed by atoms with van der Waals surface area (Å²) in [6.45, 7) is 0. The zero-order valence-electron chi connectivity index (χ0n) is 28.8. The molecule has 0 fully saturated rings. The first-order chi connectivity index (χ1) is 26.2. The first kappa shape index (κ1) is 30.8. The largest absolute Gasteiger partial charge is 0.456 e. The van der Waals surface area contributed by atoms with E-state index in [1.165, 1.54) is 27.5 Å². The summed E-state index contributed by atoms with van der Waals surface area (Å²) in [6, 6.07) is 65.8. The van der Waals surface area contributed by atoms with Crippen LogP contribution in [0.25, 0.3) is 66.1 Å². The van der Waals surface area contributed by atoms with E-state index in [4.69, 9.17) is 14.4 Å². The van der Waals surface area contributed by atoms with Crippen LogP contribution in [0.2, 0.25) is 0 Å². The van der Waals surface area contributed by atoms with Crippen molar-refractivity contribution in [3.63, 3.8) is 0 Å². The molecule has 0 amide bonds. The second kappa shape index (κ2) is 12.9. The van der Waals surface area contributed by atoms with Crippen molar-refractivity contribution < 1.29 is 4.42 Å². The third-order valence-corrected chi connectivity index (χ3v) is 10.2. The summed E-state index contributed by atoms with van der Waals surface area (Å²) in [5.74, 6) is 1.44. The molecule has 9 aromatic rings. The predicted molar refractivity (Wildman–Crippen MR) is 219 cm³/mol. The Labute approximate surface area is 307 Å². The van der Waals surface area contributed by atoms with E-state index in [1.807, 2.05) is 36.4 Å². The van der Waals surface area contributed by atoms with Crippen molar-refractivity contribution in [2.45, 2.75) is 6.17 Å². The number of rotatable bonds is 6. The van der Waals surface area contributed by atoms with Gasteiger partial charge in [0, 0.05) is 21.9 Å². The quantitative estimate of drug-likeness (QED) is 0.190. The Kier molecular flexibility index (Phi) is 7.51. The number of nitrogens with zero attached hydrogens (tertiary/aromatic N) is 2. The van der Waals surface area contributed by atoms with Gasteiger partial charge >= 0.3 is 0 Å². The molecular weight excluding hydrogens is 647 g/mol. The fourth-order valence-electron chi connectivity index (χ4n) is 7.49. The number of hydrogen-bond donors (Lipinski definition) is 1. The summed E-state index contributed by atoms with van der Waals surface area (Å²) in [5, 5.41) is 8.20. The van der Waals surface area contributed by atoms with Gasteiger partial charge in [-0.25, -0.2) is 9.98 Å². The Balaban J connectivity index is 1.04. The lowest BCUT2D eigenvalue weighted by Crippen LogP contribution is -2.33. The Morgan fingerprint density at radius 2 is 1.04 bits per heavy atom. The van der Waals surface area contributed by atoms with Gasteiger partial charge in [-0.15, -0.1) is 0 Å². The molecule has 1 atom stereocenters. The molecule has 10 rings (SSSR count). The highest BCUT2D eigenvalue weighted by molar-refractivity contribution is 6.22. The van der Waals surface area contributed by atoms with Crippen LogP contribution in [-0.4, -0.2) is 11.7 Å². The maximum atomic E-state index is 6.53. The van der Waals surface area contributed by atoms with Crippen molar-refractivity contribution in [2.75, 3.05) is 0 Å². The van der Waals surface area contributed by atoms with Crippen LogP contribution in [0.5, 0.6) is 0 Å². The highest BCUT2D eigenvalue weighted by atomic mass is 16.3. The van der Waals surface area contributed by atoms with Gasteiger partial charge in [-0.3, -0.25) is 0 Å². The fourth-order valence-corrected chi connectivity index (χ4v) is 7.49. The Morgan fingerprint density at radius 1 is 0.434 bits per heavy atom. The molecule has 1 aromatic heterocycles. The molecule has 1 unspecified atom stereocenters. The molecule has 0 radical (unpaired) electrons. The lowest BCUT2D eigenvalue weighted by Gasteiger charge is -2.24. The van der Waals surface area contributed by atoms with E-state index < -0.39 is 0 Å².